The first-order chi connectivity index (χ1) is 66.0. The molecule has 748 valence electrons. The predicted molar refractivity (Wildman–Crippen MR) is 496 cm³/mol. The molecule has 0 saturated heterocycles. The van der Waals surface area contributed by atoms with Gasteiger partial charge < -0.3 is 20.4 Å². The third kappa shape index (κ3) is 16.8. The number of nitrogens with zero attached hydrogens (tertiary/aromatic N) is 12. The number of hydrogen-bond donors (Lipinski definition) is 4. The number of halogens is 10. The number of alkyl halides is 8. The molecule has 0 radical (unpaired) electrons. The van der Waals surface area contributed by atoms with Gasteiger partial charge in [-0.3, -0.25) is 38.5 Å². The van der Waals surface area contributed by atoms with E-state index in [0.717, 1.165) is 189 Å². The van der Waals surface area contributed by atoms with Gasteiger partial charge in [0.05, 0.1) is 41.7 Å². The molecular weight excluding hydrogens is 1780 g/mol. The van der Waals surface area contributed by atoms with Crippen LogP contribution in [0.2, 0.25) is 0 Å². The molecule has 16 saturated carbocycles. The number of Topliss-reactive ketones (excluding diaryl/α,β-unsaturated/α-hetero) is 4. The minimum atomic E-state index is -2.67. The zero-order chi connectivity index (χ0) is 96.4. The number of rotatable bonds is 16. The van der Waals surface area contributed by atoms with Crippen LogP contribution in [0.3, 0.4) is 0 Å². The summed E-state index contributed by atoms with van der Waals surface area (Å²) in [6.45, 7) is 10.1. The second kappa shape index (κ2) is 36.9. The smallest absolute Gasteiger partial charge is 0.266 e. The minimum Gasteiger partial charge on any atom is -0.384 e. The summed E-state index contributed by atoms with van der Waals surface area (Å²) in [5.41, 5.74) is -3.29. The van der Waals surface area contributed by atoms with E-state index in [1.165, 1.54) is 28.9 Å². The predicted octanol–water partition coefficient (Wildman–Crippen LogP) is 21.3. The van der Waals surface area contributed by atoms with Crippen LogP contribution in [-0.2, 0) is 45.4 Å². The lowest BCUT2D eigenvalue weighted by atomic mass is 9.49. The van der Waals surface area contributed by atoms with Gasteiger partial charge in [0.25, 0.3) is 25.7 Å². The van der Waals surface area contributed by atoms with Crippen molar-refractivity contribution < 1.29 is 83.5 Å². The molecule has 2 aromatic carbocycles. The Morgan fingerprint density at radius 3 is 1.09 bits per heavy atom. The molecule has 138 heavy (non-hydrogen) atoms. The molecule has 16 fully saturated rings. The maximum absolute atomic E-state index is 13.8. The van der Waals surface area contributed by atoms with Crippen LogP contribution in [0.4, 0.5) is 43.9 Å². The zero-order valence-electron chi connectivity index (χ0n) is 80.1. The van der Waals surface area contributed by atoms with Crippen molar-refractivity contribution in [1.29, 1.82) is 0 Å². The highest BCUT2D eigenvalue weighted by Crippen LogP contribution is 2.71. The standard InChI is InChI=1S/2C27H34F3N3O2.2C27H35F2N3O2/c1-26-10-8-18-17-9-11-27(35,25(29)30)13-15(17)2-4-19(18)20(26)5-6-21(26)24(34)14-33-23-7-3-16(28)12-22(23)31-32-33;1-26-10-8-18-17-9-11-27(35,25(29)30)13-15(17)2-4-19(18)20(26)5-6-21(26)24(34)14-33-23-12-16(28)3-7-22(23)31-32-33;1-26-9-6-19-18-7-10-27(34,25(28)29)12-16(18)2-3-20(19)21(26)4-5-22(26)24(33)15-32-14-17-8-11-30-13-23(17)31-32;1-26-9-6-19-18-7-10-27(34,25(28)29)12-16(18)2-3-20(19)21(26)4-5-22(26)24(33)15-32-23-14-30-11-8-17(23)13-31-32/h2*3,7,12,15,17-21,25,35H,2,4-6,8-11,13-14H2,1H3;2*8,11,13-14,16,18-22,25,34H,2-7,9-10,12,15H2,1H3/t2*15-,17+,18-,19-,20+,21-,26+,27-;2*16-,18+,19-,20-,21+,22-,26+,27-/m1111/s1. The number of carbonyl (C=O) groups excluding carboxylic acids is 4. The first-order valence-corrected chi connectivity index (χ1v) is 52.6. The van der Waals surface area contributed by atoms with E-state index in [2.05, 4.69) is 68.5 Å². The van der Waals surface area contributed by atoms with Crippen molar-refractivity contribution in [3.63, 3.8) is 0 Å². The number of aliphatic hydroxyl groups is 4. The van der Waals surface area contributed by atoms with E-state index in [-0.39, 0.29) is 168 Å². The van der Waals surface area contributed by atoms with Gasteiger partial charge in [-0.1, -0.05) is 38.1 Å². The van der Waals surface area contributed by atoms with Crippen LogP contribution < -0.4 is 0 Å². The Morgan fingerprint density at radius 1 is 0.341 bits per heavy atom. The first-order valence-electron chi connectivity index (χ1n) is 52.6. The molecule has 0 spiro atoms. The number of benzene rings is 2. The summed E-state index contributed by atoms with van der Waals surface area (Å²) in [4.78, 5) is 62.5. The second-order valence-corrected chi connectivity index (χ2v) is 48.2. The fraction of sp³-hybridized carbons (Fsp3) is 0.741. The Bertz CT molecular complexity index is 5800. The Labute approximate surface area is 800 Å². The van der Waals surface area contributed by atoms with Gasteiger partial charge >= 0.3 is 0 Å². The van der Waals surface area contributed by atoms with Crippen molar-refractivity contribution >= 4 is 67.0 Å². The molecule has 30 heteroatoms. The van der Waals surface area contributed by atoms with Gasteiger partial charge in [-0.15, -0.1) is 10.2 Å². The summed E-state index contributed by atoms with van der Waals surface area (Å²) in [5, 5.41) is 69.1. The summed E-state index contributed by atoms with van der Waals surface area (Å²) in [6, 6.07) is 12.5. The zero-order valence-corrected chi connectivity index (χ0v) is 80.1. The number of hydrogen-bond acceptors (Lipinski definition) is 16. The molecule has 8 aromatic rings. The summed E-state index contributed by atoms with van der Waals surface area (Å²) in [7, 11) is 0. The largest absolute Gasteiger partial charge is 0.384 e. The van der Waals surface area contributed by atoms with Crippen LogP contribution in [0.25, 0.3) is 43.9 Å². The maximum atomic E-state index is 13.8. The lowest BCUT2D eigenvalue weighted by molar-refractivity contribution is -0.160. The third-order valence-corrected chi connectivity index (χ3v) is 42.4. The molecular formula is C108H138F10N12O8. The highest BCUT2D eigenvalue weighted by atomic mass is 19.3. The highest BCUT2D eigenvalue weighted by Gasteiger charge is 2.66. The monoisotopic (exact) mass is 1920 g/mol. The Hall–Kier alpha value is -7.70. The molecule has 0 amide bonds. The summed E-state index contributed by atoms with van der Waals surface area (Å²) < 4.78 is 142. The molecule has 0 aliphatic heterocycles. The van der Waals surface area contributed by atoms with Crippen LogP contribution in [-0.4, -0.2) is 151 Å². The van der Waals surface area contributed by atoms with Crippen LogP contribution in [0, 0.1) is 175 Å². The molecule has 20 nitrogen and oxygen atoms in total. The Kier molecular flexibility index (Phi) is 25.8. The molecule has 16 aliphatic rings. The van der Waals surface area contributed by atoms with E-state index in [4.69, 9.17) is 0 Å². The van der Waals surface area contributed by atoms with Gasteiger partial charge in [-0.05, 0) is 408 Å². The molecule has 6 aromatic heterocycles. The van der Waals surface area contributed by atoms with Crippen LogP contribution >= 0.6 is 0 Å². The van der Waals surface area contributed by atoms with Gasteiger partial charge in [0.2, 0.25) is 0 Å². The van der Waals surface area contributed by atoms with Gasteiger partial charge in [-0.25, -0.2) is 53.3 Å². The van der Waals surface area contributed by atoms with Crippen LogP contribution in [0.5, 0.6) is 0 Å². The molecule has 4 N–H and O–H groups in total. The number of ketones is 4. The first kappa shape index (κ1) is 96.4. The normalized spacial score (nSPS) is 41.4. The third-order valence-electron chi connectivity index (χ3n) is 42.4. The summed E-state index contributed by atoms with van der Waals surface area (Å²) in [5.74, 6) is 9.26. The fourth-order valence-electron chi connectivity index (χ4n) is 35.7. The van der Waals surface area contributed by atoms with E-state index >= 15 is 0 Å². The molecule has 32 atom stereocenters. The van der Waals surface area contributed by atoms with Crippen molar-refractivity contribution in [2.24, 2.45) is 164 Å². The topological polar surface area (TPSA) is 272 Å². The van der Waals surface area contributed by atoms with Crippen LogP contribution in [0.15, 0.2) is 85.7 Å². The number of aromatic nitrogens is 12. The molecule has 0 bridgehead atoms. The second-order valence-electron chi connectivity index (χ2n) is 48.2. The summed E-state index contributed by atoms with van der Waals surface area (Å²) in [6.07, 6.45) is 28.8. The Balaban J connectivity index is 0.000000110. The van der Waals surface area contributed by atoms with Gasteiger partial charge in [0.1, 0.15) is 70.2 Å². The number of carbonyl (C=O) groups is 4. The molecule has 24 rings (SSSR count). The molecule has 16 aliphatic carbocycles. The van der Waals surface area contributed by atoms with Gasteiger partial charge in [0, 0.05) is 65.2 Å². The fourth-order valence-corrected chi connectivity index (χ4v) is 35.7. The lowest BCUT2D eigenvalue weighted by Crippen LogP contribution is -2.53. The van der Waals surface area contributed by atoms with E-state index in [1.807, 2.05) is 18.3 Å². The average molecular weight is 1920 g/mol. The average Bonchev–Trinajstić information content (AvgIpc) is 1.53. The minimum absolute atomic E-state index is 0.0185. The molecule has 0 unspecified atom stereocenters. The van der Waals surface area contributed by atoms with Crippen molar-refractivity contribution in [1.82, 2.24) is 59.5 Å². The maximum Gasteiger partial charge on any atom is 0.266 e. The van der Waals surface area contributed by atoms with Gasteiger partial charge in [-0.2, -0.15) is 10.2 Å². The van der Waals surface area contributed by atoms with Crippen molar-refractivity contribution in [2.75, 3.05) is 0 Å². The molecule has 6 heterocycles. The number of fused-ring (bicyclic) bond motifs is 24. The highest BCUT2D eigenvalue weighted by molar-refractivity contribution is 5.87. The lowest BCUT2D eigenvalue weighted by Gasteiger charge is -2.57. The Morgan fingerprint density at radius 2 is 0.688 bits per heavy atom. The van der Waals surface area contributed by atoms with Crippen LogP contribution in [0.1, 0.15) is 259 Å². The van der Waals surface area contributed by atoms with E-state index in [1.54, 1.807) is 57.2 Å². The SMILES string of the molecule is C[C@]12CC[C@H]3[C@@H](CC[C@@H]4C[C@@](O)(C(F)F)CC[C@@H]43)[C@@H]1CC[C@@H]2C(=O)Cn1cc2ccncc2n1.C[C@]12CC[C@H]3[C@@H](CC[C@@H]4C[C@@](O)(C(F)F)CC[C@@H]43)[C@@H]1CC[C@@H]2C(=O)Cn1ncc2ccncc21.C[C@]12CC[C@H]3[C@@H](CC[C@@H]4C[C@@](O)(C(F)F)CC[C@@H]43)[C@@H]1CC[C@@H]2C(=O)Cn1nnc2cc(F)ccc21.C[C@]12CC[C@H]3[C@@H](CC[C@@H]4C[C@@](O)(C(F)F)CC[C@@H]43)[C@@H]1CC[C@@H]2C(=O)Cn1nnc2ccc(F)cc21. The quantitative estimate of drug-likeness (QED) is 0.0655. The summed E-state index contributed by atoms with van der Waals surface area (Å²) >= 11 is 0. The van der Waals surface area contributed by atoms with Crippen molar-refractivity contribution in [2.45, 2.75) is 333 Å². The number of pyridine rings is 2. The van der Waals surface area contributed by atoms with Crippen molar-refractivity contribution in [3.8, 4) is 0 Å². The van der Waals surface area contributed by atoms with E-state index in [9.17, 15) is 83.5 Å². The van der Waals surface area contributed by atoms with Crippen molar-refractivity contribution in [3.05, 3.63) is 97.3 Å². The van der Waals surface area contributed by atoms with Gasteiger partial charge in [0.15, 0.2) is 23.1 Å². The van der Waals surface area contributed by atoms with E-state index < -0.39 is 48.1 Å². The van der Waals surface area contributed by atoms with E-state index in [0.29, 0.717) is 143 Å².